The summed E-state index contributed by atoms with van der Waals surface area (Å²) in [6.45, 7) is 8.49. The molecule has 0 bridgehead atoms. The summed E-state index contributed by atoms with van der Waals surface area (Å²) in [6.07, 6.45) is 0. The maximum absolute atomic E-state index is 2.28. The van der Waals surface area contributed by atoms with Crippen LogP contribution in [0.15, 0.2) is 36.4 Å². The van der Waals surface area contributed by atoms with Gasteiger partial charge in [-0.15, -0.1) is 0 Å². The molecule has 0 unspecified atom stereocenters. The van der Waals surface area contributed by atoms with Crippen LogP contribution >= 0.6 is 0 Å². The number of hydrogen-bond acceptors (Lipinski definition) is 0. The van der Waals surface area contributed by atoms with E-state index in [9.17, 15) is 0 Å². The Labute approximate surface area is 163 Å². The van der Waals surface area contributed by atoms with Gasteiger partial charge in [0, 0.05) is 0 Å². The first-order valence-corrected chi connectivity index (χ1v) is 11.0. The van der Waals surface area contributed by atoms with Crippen LogP contribution in [0.3, 0.4) is 0 Å². The standard InChI is InChI=1S/C8H11.C6H7.C2H7Ge.2ClH.Zr/c1-6-4-7(2)8(3)5-6;1-6-4-2-3-5-6;1-3-2;;;/h4-5H,1-3H3;2-5H,1H3;3H,1-2H3;2*1H;/q2*-1;;;;+4/p-2. The Morgan fingerprint density at radius 2 is 1.40 bits per heavy atom. The van der Waals surface area contributed by atoms with Crippen molar-refractivity contribution < 1.29 is 51.0 Å². The van der Waals surface area contributed by atoms with E-state index in [0.717, 1.165) is 0 Å². The number of halogens is 2. The van der Waals surface area contributed by atoms with E-state index >= 15 is 0 Å². The van der Waals surface area contributed by atoms with Crippen molar-refractivity contribution in [2.75, 3.05) is 0 Å². The van der Waals surface area contributed by atoms with Crippen LogP contribution in [0.2, 0.25) is 11.5 Å². The molecular weight excluding hydrogens is 427 g/mol. The van der Waals surface area contributed by atoms with Gasteiger partial charge in [0.1, 0.15) is 0 Å². The van der Waals surface area contributed by atoms with Crippen LogP contribution < -0.4 is 24.8 Å². The number of aryl methyl sites for hydroxylation is 4. The Morgan fingerprint density at radius 1 is 1.00 bits per heavy atom. The fraction of sp³-hybridized carbons (Fsp3) is 0.375. The van der Waals surface area contributed by atoms with Crippen LogP contribution in [-0.4, -0.2) is 15.4 Å². The third-order valence-electron chi connectivity index (χ3n) is 2.34. The van der Waals surface area contributed by atoms with Crippen LogP contribution in [0.25, 0.3) is 0 Å². The zero-order chi connectivity index (χ0) is 13.3. The molecule has 0 fully saturated rings. The molecule has 2 rings (SSSR count). The van der Waals surface area contributed by atoms with Crippen LogP contribution in [0.5, 0.6) is 0 Å². The predicted molar refractivity (Wildman–Crippen MR) is 81.9 cm³/mol. The SMILES string of the molecule is C[c-]1cccc1.Cc1cc(C)c(C)[cH-]1.[CH3][GeH][CH3].[Cl-].[Cl-].[Zr+4]. The second-order valence-corrected chi connectivity index (χ2v) is 6.86. The normalized spacial score (nSPS) is 7.50. The topological polar surface area (TPSA) is 0 Å². The molecule has 111 valence electrons. The fourth-order valence-electron chi connectivity index (χ4n) is 1.42. The summed E-state index contributed by atoms with van der Waals surface area (Å²) in [7, 11) is 0. The molecule has 4 heteroatoms. The van der Waals surface area contributed by atoms with E-state index in [1.54, 1.807) is 0 Å². The van der Waals surface area contributed by atoms with Crippen molar-refractivity contribution in [3.8, 4) is 0 Å². The van der Waals surface area contributed by atoms with Crippen molar-refractivity contribution in [1.29, 1.82) is 0 Å². The second kappa shape index (κ2) is 17.8. The summed E-state index contributed by atoms with van der Waals surface area (Å²) in [4.78, 5) is 0. The molecule has 0 saturated heterocycles. The van der Waals surface area contributed by atoms with Crippen LogP contribution in [0.4, 0.5) is 0 Å². The molecular formula is C16H25Cl2GeZr. The van der Waals surface area contributed by atoms with E-state index in [1.165, 1.54) is 22.3 Å². The predicted octanol–water partition coefficient (Wildman–Crippen LogP) is -1.43. The zero-order valence-electron chi connectivity index (χ0n) is 13.3. The minimum Gasteiger partial charge on any atom is -1.00 e. The smallest absolute Gasteiger partial charge is 1.00 e. The molecule has 2 aromatic carbocycles. The van der Waals surface area contributed by atoms with Gasteiger partial charge in [0.2, 0.25) is 0 Å². The molecule has 0 amide bonds. The van der Waals surface area contributed by atoms with E-state index in [2.05, 4.69) is 63.5 Å². The average molecular weight is 452 g/mol. The first-order chi connectivity index (χ1) is 8.01. The van der Waals surface area contributed by atoms with Crippen LogP contribution in [-0.2, 0) is 26.2 Å². The van der Waals surface area contributed by atoms with Gasteiger partial charge in [-0.05, 0) is 0 Å². The van der Waals surface area contributed by atoms with Gasteiger partial charge in [-0.1, -0.05) is 27.7 Å². The minimum absolute atomic E-state index is 0. The third-order valence-corrected chi connectivity index (χ3v) is 2.34. The van der Waals surface area contributed by atoms with Gasteiger partial charge in [0.05, 0.1) is 0 Å². The van der Waals surface area contributed by atoms with Crippen molar-refractivity contribution >= 4 is 15.4 Å². The third kappa shape index (κ3) is 15.1. The van der Waals surface area contributed by atoms with E-state index in [0.29, 0.717) is 15.4 Å². The fourth-order valence-corrected chi connectivity index (χ4v) is 1.42. The van der Waals surface area contributed by atoms with Gasteiger partial charge >= 0.3 is 53.1 Å². The van der Waals surface area contributed by atoms with Gasteiger partial charge in [0.15, 0.2) is 0 Å². The van der Waals surface area contributed by atoms with Gasteiger partial charge in [0.25, 0.3) is 0 Å². The summed E-state index contributed by atoms with van der Waals surface area (Å²) in [5.74, 6) is 4.56. The molecule has 0 nitrogen and oxygen atoms in total. The largest absolute Gasteiger partial charge is 4.00 e. The zero-order valence-corrected chi connectivity index (χ0v) is 19.7. The molecule has 0 aliphatic rings. The molecule has 0 spiro atoms. The molecule has 20 heavy (non-hydrogen) atoms. The Balaban J connectivity index is -0.0000000970. The quantitative estimate of drug-likeness (QED) is 0.340. The van der Waals surface area contributed by atoms with Crippen LogP contribution in [0, 0.1) is 27.7 Å². The Bertz CT molecular complexity index is 375. The first kappa shape index (κ1) is 28.8. The molecule has 1 radical (unpaired) electrons. The second-order valence-electron chi connectivity index (χ2n) is 4.44. The molecule has 0 aromatic heterocycles. The number of hydrogen-bond donors (Lipinski definition) is 0. The molecule has 0 atom stereocenters. The van der Waals surface area contributed by atoms with Gasteiger partial charge < -0.3 is 24.8 Å². The minimum atomic E-state index is 0. The van der Waals surface area contributed by atoms with Crippen molar-refractivity contribution in [2.45, 2.75) is 39.2 Å². The molecule has 0 saturated carbocycles. The van der Waals surface area contributed by atoms with Crippen molar-refractivity contribution in [3.05, 3.63) is 58.7 Å². The maximum atomic E-state index is 2.28. The Kier molecular flexibility index (Phi) is 25.6. The number of rotatable bonds is 0. The summed E-state index contributed by atoms with van der Waals surface area (Å²) >= 11 is 0.312. The van der Waals surface area contributed by atoms with Crippen molar-refractivity contribution in [1.82, 2.24) is 0 Å². The summed E-state index contributed by atoms with van der Waals surface area (Å²) < 4.78 is 0. The first-order valence-electron chi connectivity index (χ1n) is 6.14. The van der Waals surface area contributed by atoms with Gasteiger partial charge in [-0.3, -0.25) is 0 Å². The Morgan fingerprint density at radius 3 is 1.50 bits per heavy atom. The Hall–Kier alpha value is 0.706. The van der Waals surface area contributed by atoms with Gasteiger partial charge in [-0.2, -0.15) is 40.5 Å². The maximum Gasteiger partial charge on any atom is 4.00 e. The average Bonchev–Trinajstić information content (AvgIpc) is 2.80. The van der Waals surface area contributed by atoms with Crippen LogP contribution in [0.1, 0.15) is 22.3 Å². The van der Waals surface area contributed by atoms with Crippen molar-refractivity contribution in [2.24, 2.45) is 0 Å². The molecule has 0 aliphatic heterocycles. The molecule has 0 aliphatic carbocycles. The van der Waals surface area contributed by atoms with E-state index in [4.69, 9.17) is 0 Å². The van der Waals surface area contributed by atoms with E-state index < -0.39 is 0 Å². The summed E-state index contributed by atoms with van der Waals surface area (Å²) in [6, 6.07) is 12.6. The summed E-state index contributed by atoms with van der Waals surface area (Å²) in [5.41, 5.74) is 5.53. The van der Waals surface area contributed by atoms with Gasteiger partial charge in [-0.25, -0.2) is 18.2 Å². The molecule has 0 N–H and O–H groups in total. The van der Waals surface area contributed by atoms with E-state index in [-0.39, 0.29) is 51.0 Å². The van der Waals surface area contributed by atoms with E-state index in [1.807, 2.05) is 12.1 Å². The molecule has 2 aromatic rings. The summed E-state index contributed by atoms with van der Waals surface area (Å²) in [5, 5.41) is 0. The van der Waals surface area contributed by atoms with Crippen molar-refractivity contribution in [3.63, 3.8) is 0 Å². The monoisotopic (exact) mass is 451 g/mol. The molecule has 0 heterocycles.